The first-order chi connectivity index (χ1) is 12.5. The van der Waals surface area contributed by atoms with Crippen molar-refractivity contribution in [2.45, 2.75) is 20.4 Å². The van der Waals surface area contributed by atoms with Crippen LogP contribution in [-0.2, 0) is 6.54 Å². The third-order valence-corrected chi connectivity index (χ3v) is 4.22. The number of halogens is 1. The van der Waals surface area contributed by atoms with Gasteiger partial charge < -0.3 is 5.32 Å². The molecule has 0 atom stereocenters. The summed E-state index contributed by atoms with van der Waals surface area (Å²) in [6.07, 6.45) is 3.23. The van der Waals surface area contributed by atoms with Gasteiger partial charge >= 0.3 is 0 Å². The van der Waals surface area contributed by atoms with Gasteiger partial charge in [-0.15, -0.1) is 0 Å². The van der Waals surface area contributed by atoms with Crippen LogP contribution in [0, 0.1) is 0 Å². The van der Waals surface area contributed by atoms with Crippen molar-refractivity contribution in [2.75, 3.05) is 5.32 Å². The van der Waals surface area contributed by atoms with Gasteiger partial charge in [0.15, 0.2) is 5.78 Å². The molecule has 2 heterocycles. The molecule has 0 fully saturated rings. The molecule has 3 aromatic rings. The Morgan fingerprint density at radius 1 is 1.19 bits per heavy atom. The lowest BCUT2D eigenvalue weighted by molar-refractivity contribution is 0.101. The summed E-state index contributed by atoms with van der Waals surface area (Å²) in [5.74, 6) is -0.265. The number of aryl methyl sites for hydroxylation is 1. The standard InChI is InChI=1S/C19H17ClN4O2/c1-3-24-19(26)18(22-15-7-5-4-6-14(15)20)16(12(2)25)17(23-24)13-8-10-21-11-9-13/h4-11,22H,3H2,1-2H3. The van der Waals surface area contributed by atoms with E-state index in [9.17, 15) is 9.59 Å². The number of hydrogen-bond donors (Lipinski definition) is 1. The summed E-state index contributed by atoms with van der Waals surface area (Å²) in [6, 6.07) is 10.5. The van der Waals surface area contributed by atoms with Gasteiger partial charge in [0.2, 0.25) is 0 Å². The van der Waals surface area contributed by atoms with Crippen LogP contribution < -0.4 is 10.9 Å². The SMILES string of the molecule is CCn1nc(-c2ccncc2)c(C(C)=O)c(Nc2ccccc2Cl)c1=O. The Bertz CT molecular complexity index is 1020. The van der Waals surface area contributed by atoms with E-state index in [0.29, 0.717) is 28.5 Å². The number of carbonyl (C=O) groups excluding carboxylic acids is 1. The minimum atomic E-state index is -0.379. The molecule has 1 N–H and O–H groups in total. The molecule has 1 aromatic carbocycles. The zero-order chi connectivity index (χ0) is 18.7. The molecule has 3 rings (SSSR count). The first kappa shape index (κ1) is 17.8. The summed E-state index contributed by atoms with van der Waals surface area (Å²) in [6.45, 7) is 3.60. The van der Waals surface area contributed by atoms with Crippen LogP contribution >= 0.6 is 11.6 Å². The molecular weight excluding hydrogens is 352 g/mol. The summed E-state index contributed by atoms with van der Waals surface area (Å²) >= 11 is 6.21. The van der Waals surface area contributed by atoms with Crippen molar-refractivity contribution in [2.24, 2.45) is 0 Å². The first-order valence-electron chi connectivity index (χ1n) is 8.11. The molecular formula is C19H17ClN4O2. The molecule has 0 saturated carbocycles. The van der Waals surface area contributed by atoms with Crippen LogP contribution in [0.1, 0.15) is 24.2 Å². The van der Waals surface area contributed by atoms with Gasteiger partial charge in [0.25, 0.3) is 5.56 Å². The van der Waals surface area contributed by atoms with Crippen LogP contribution in [-0.4, -0.2) is 20.5 Å². The Morgan fingerprint density at radius 3 is 2.50 bits per heavy atom. The van der Waals surface area contributed by atoms with Gasteiger partial charge in [-0.25, -0.2) is 4.68 Å². The Kier molecular flexibility index (Phi) is 5.14. The lowest BCUT2D eigenvalue weighted by atomic mass is 10.0. The minimum Gasteiger partial charge on any atom is -0.349 e. The van der Waals surface area contributed by atoms with E-state index in [1.54, 1.807) is 48.8 Å². The highest BCUT2D eigenvalue weighted by Crippen LogP contribution is 2.29. The fourth-order valence-electron chi connectivity index (χ4n) is 2.65. The maximum atomic E-state index is 12.9. The van der Waals surface area contributed by atoms with Crippen molar-refractivity contribution >= 4 is 28.8 Å². The van der Waals surface area contributed by atoms with Gasteiger partial charge in [-0.2, -0.15) is 5.10 Å². The maximum Gasteiger partial charge on any atom is 0.291 e. The van der Waals surface area contributed by atoms with Crippen molar-refractivity contribution in [3.8, 4) is 11.3 Å². The molecule has 7 heteroatoms. The second kappa shape index (κ2) is 7.49. The Balaban J connectivity index is 2.30. The number of pyridine rings is 1. The zero-order valence-electron chi connectivity index (χ0n) is 14.4. The number of nitrogens with zero attached hydrogens (tertiary/aromatic N) is 3. The number of Topliss-reactive ketones (excluding diaryl/α,β-unsaturated/α-hetero) is 1. The number of carbonyl (C=O) groups is 1. The predicted molar refractivity (Wildman–Crippen MR) is 102 cm³/mol. The number of nitrogens with one attached hydrogen (secondary N) is 1. The number of para-hydroxylation sites is 1. The van der Waals surface area contributed by atoms with E-state index in [1.165, 1.54) is 11.6 Å². The second-order valence-corrected chi connectivity index (χ2v) is 6.02. The molecule has 6 nitrogen and oxygen atoms in total. The van der Waals surface area contributed by atoms with Crippen molar-refractivity contribution in [3.05, 3.63) is 69.7 Å². The number of anilines is 2. The largest absolute Gasteiger partial charge is 0.349 e. The van der Waals surface area contributed by atoms with Crippen molar-refractivity contribution in [3.63, 3.8) is 0 Å². The topological polar surface area (TPSA) is 76.9 Å². The van der Waals surface area contributed by atoms with E-state index in [0.717, 1.165) is 0 Å². The number of ketones is 1. The van der Waals surface area contributed by atoms with Crippen molar-refractivity contribution in [1.29, 1.82) is 0 Å². The van der Waals surface area contributed by atoms with Gasteiger partial charge in [0.05, 0.1) is 16.3 Å². The average Bonchev–Trinajstić information content (AvgIpc) is 2.65. The second-order valence-electron chi connectivity index (χ2n) is 5.62. The molecule has 26 heavy (non-hydrogen) atoms. The Hall–Kier alpha value is -2.99. The van der Waals surface area contributed by atoms with Gasteiger partial charge in [-0.3, -0.25) is 14.6 Å². The van der Waals surface area contributed by atoms with Crippen LogP contribution in [0.4, 0.5) is 11.4 Å². The Morgan fingerprint density at radius 2 is 1.88 bits per heavy atom. The molecule has 0 spiro atoms. The third-order valence-electron chi connectivity index (χ3n) is 3.89. The van der Waals surface area contributed by atoms with E-state index >= 15 is 0 Å². The summed E-state index contributed by atoms with van der Waals surface area (Å²) in [7, 11) is 0. The molecule has 0 aliphatic rings. The summed E-state index contributed by atoms with van der Waals surface area (Å²) < 4.78 is 1.32. The quantitative estimate of drug-likeness (QED) is 0.690. The molecule has 2 aromatic heterocycles. The highest BCUT2D eigenvalue weighted by atomic mass is 35.5. The zero-order valence-corrected chi connectivity index (χ0v) is 15.1. The van der Waals surface area contributed by atoms with Gasteiger partial charge in [0.1, 0.15) is 11.4 Å². The van der Waals surface area contributed by atoms with E-state index < -0.39 is 0 Å². The number of aromatic nitrogens is 3. The van der Waals surface area contributed by atoms with E-state index in [4.69, 9.17) is 11.6 Å². The average molecular weight is 369 g/mol. The highest BCUT2D eigenvalue weighted by Gasteiger charge is 2.22. The molecule has 0 amide bonds. The molecule has 0 saturated heterocycles. The molecule has 132 valence electrons. The van der Waals surface area contributed by atoms with E-state index in [-0.39, 0.29) is 22.6 Å². The van der Waals surface area contributed by atoms with E-state index in [1.807, 2.05) is 6.92 Å². The maximum absolute atomic E-state index is 12.9. The molecule has 0 radical (unpaired) electrons. The lowest BCUT2D eigenvalue weighted by Gasteiger charge is -2.16. The smallest absolute Gasteiger partial charge is 0.291 e. The van der Waals surface area contributed by atoms with Crippen LogP contribution in [0.25, 0.3) is 11.3 Å². The summed E-state index contributed by atoms with van der Waals surface area (Å²) in [4.78, 5) is 29.3. The normalized spacial score (nSPS) is 10.6. The van der Waals surface area contributed by atoms with E-state index in [2.05, 4.69) is 15.4 Å². The van der Waals surface area contributed by atoms with Crippen LogP contribution in [0.15, 0.2) is 53.6 Å². The molecule has 0 aliphatic heterocycles. The van der Waals surface area contributed by atoms with Crippen molar-refractivity contribution in [1.82, 2.24) is 14.8 Å². The third kappa shape index (κ3) is 3.36. The molecule has 0 unspecified atom stereocenters. The van der Waals surface area contributed by atoms with Gasteiger partial charge in [-0.1, -0.05) is 23.7 Å². The van der Waals surface area contributed by atoms with Crippen LogP contribution in [0.3, 0.4) is 0 Å². The molecule has 0 bridgehead atoms. The fourth-order valence-corrected chi connectivity index (χ4v) is 2.84. The number of benzene rings is 1. The minimum absolute atomic E-state index is 0.161. The van der Waals surface area contributed by atoms with Gasteiger partial charge in [-0.05, 0) is 38.1 Å². The molecule has 0 aliphatic carbocycles. The fraction of sp³-hybridized carbons (Fsp3) is 0.158. The Labute approximate surface area is 155 Å². The highest BCUT2D eigenvalue weighted by molar-refractivity contribution is 6.33. The first-order valence-corrected chi connectivity index (χ1v) is 8.48. The van der Waals surface area contributed by atoms with Crippen molar-refractivity contribution < 1.29 is 4.79 Å². The monoisotopic (exact) mass is 368 g/mol. The lowest BCUT2D eigenvalue weighted by Crippen LogP contribution is -2.28. The number of rotatable bonds is 5. The predicted octanol–water partition coefficient (Wildman–Crippen LogP) is 3.92. The summed E-state index contributed by atoms with van der Waals surface area (Å²) in [5, 5.41) is 7.87. The van der Waals surface area contributed by atoms with Crippen LogP contribution in [0.5, 0.6) is 0 Å². The van der Waals surface area contributed by atoms with Crippen LogP contribution in [0.2, 0.25) is 5.02 Å². The number of hydrogen-bond acceptors (Lipinski definition) is 5. The van der Waals surface area contributed by atoms with Gasteiger partial charge in [0, 0.05) is 24.5 Å². The summed E-state index contributed by atoms with van der Waals surface area (Å²) in [5.41, 5.74) is 1.68.